The quantitative estimate of drug-likeness (QED) is 0.608. The second-order valence-electron chi connectivity index (χ2n) is 6.85. The van der Waals surface area contributed by atoms with Gasteiger partial charge >= 0.3 is 5.97 Å². The number of aliphatic carboxylic acids is 1. The number of aliphatic imine (C=N–C) groups is 1. The summed E-state index contributed by atoms with van der Waals surface area (Å²) in [5.74, 6) is -1.01. The van der Waals surface area contributed by atoms with Crippen LogP contribution in [0.3, 0.4) is 0 Å². The zero-order chi connectivity index (χ0) is 20.6. The van der Waals surface area contributed by atoms with Gasteiger partial charge in [0.2, 0.25) is 0 Å². The molecular formula is C22H27N5O2. The Kier molecular flexibility index (Phi) is 6.97. The Morgan fingerprint density at radius 3 is 2.76 bits per heavy atom. The van der Waals surface area contributed by atoms with Gasteiger partial charge in [-0.1, -0.05) is 31.2 Å². The van der Waals surface area contributed by atoms with Crippen LogP contribution in [0.15, 0.2) is 53.6 Å². The van der Waals surface area contributed by atoms with Crippen molar-refractivity contribution >= 4 is 23.1 Å². The maximum Gasteiger partial charge on any atom is 0.350 e. The molecule has 1 aliphatic heterocycles. The number of carboxylic acid groups (broad SMARTS) is 1. The number of nitrogens with one attached hydrogen (secondary N) is 2. The van der Waals surface area contributed by atoms with Gasteiger partial charge in [0.1, 0.15) is 5.71 Å². The van der Waals surface area contributed by atoms with E-state index in [-0.39, 0.29) is 5.71 Å². The number of carbonyl (C=O) groups is 1. The minimum absolute atomic E-state index is 0.114. The Balaban J connectivity index is 1.80. The van der Waals surface area contributed by atoms with Gasteiger partial charge in [-0.15, -0.1) is 0 Å². The first-order valence-corrected chi connectivity index (χ1v) is 9.85. The van der Waals surface area contributed by atoms with Crippen LogP contribution in [0.5, 0.6) is 0 Å². The third kappa shape index (κ3) is 5.20. The van der Waals surface area contributed by atoms with Crippen LogP contribution in [-0.2, 0) is 4.79 Å². The molecule has 7 heteroatoms. The molecule has 0 amide bonds. The lowest BCUT2D eigenvalue weighted by molar-refractivity contribution is -0.129. The molecule has 0 unspecified atom stereocenters. The van der Waals surface area contributed by atoms with Crippen LogP contribution < -0.4 is 10.2 Å². The Hall–Kier alpha value is -3.19. The van der Waals surface area contributed by atoms with Crippen molar-refractivity contribution in [1.29, 1.82) is 0 Å². The lowest BCUT2D eigenvalue weighted by Crippen LogP contribution is -2.31. The van der Waals surface area contributed by atoms with E-state index in [2.05, 4.69) is 56.6 Å². The summed E-state index contributed by atoms with van der Waals surface area (Å²) in [6.07, 6.45) is 6.79. The normalized spacial score (nSPS) is 13.6. The van der Waals surface area contributed by atoms with E-state index in [1.54, 1.807) is 12.2 Å². The maximum absolute atomic E-state index is 11.3. The van der Waals surface area contributed by atoms with Gasteiger partial charge in [-0.3, -0.25) is 5.10 Å². The number of allylic oxidation sites excluding steroid dienone is 3. The maximum atomic E-state index is 11.3. The smallest absolute Gasteiger partial charge is 0.350 e. The van der Waals surface area contributed by atoms with Crippen molar-refractivity contribution in [2.75, 3.05) is 31.6 Å². The van der Waals surface area contributed by atoms with Crippen LogP contribution in [0.2, 0.25) is 0 Å². The largest absolute Gasteiger partial charge is 0.477 e. The Labute approximate surface area is 170 Å². The van der Waals surface area contributed by atoms with Crippen LogP contribution in [0.25, 0.3) is 17.0 Å². The number of aromatic amines is 1. The monoisotopic (exact) mass is 393 g/mol. The molecule has 0 atom stereocenters. The number of rotatable bonds is 9. The first-order chi connectivity index (χ1) is 14.1. The van der Waals surface area contributed by atoms with Crippen LogP contribution in [0.1, 0.15) is 25.5 Å². The highest BCUT2D eigenvalue weighted by Crippen LogP contribution is 2.25. The van der Waals surface area contributed by atoms with Crippen molar-refractivity contribution in [3.8, 4) is 11.3 Å². The summed E-state index contributed by atoms with van der Waals surface area (Å²) in [5.41, 5.74) is 4.35. The third-order valence-corrected chi connectivity index (χ3v) is 4.71. The highest BCUT2D eigenvalue weighted by molar-refractivity contribution is 6.37. The molecule has 0 saturated carbocycles. The summed E-state index contributed by atoms with van der Waals surface area (Å²) in [5, 5.41) is 19.8. The van der Waals surface area contributed by atoms with Crippen LogP contribution in [-0.4, -0.2) is 53.7 Å². The number of hydrogen-bond donors (Lipinski definition) is 3. The van der Waals surface area contributed by atoms with Crippen LogP contribution in [0.4, 0.5) is 5.69 Å². The van der Waals surface area contributed by atoms with Crippen molar-refractivity contribution in [2.45, 2.75) is 19.8 Å². The molecule has 1 aromatic carbocycles. The molecule has 0 fully saturated rings. The first kappa shape index (κ1) is 20.5. The number of carboxylic acids is 1. The molecule has 1 aliphatic rings. The van der Waals surface area contributed by atoms with Crippen LogP contribution in [0, 0.1) is 0 Å². The molecule has 7 nitrogen and oxygen atoms in total. The molecule has 2 heterocycles. The fourth-order valence-electron chi connectivity index (χ4n) is 3.18. The summed E-state index contributed by atoms with van der Waals surface area (Å²) in [7, 11) is 1.96. The van der Waals surface area contributed by atoms with Gasteiger partial charge in [0.25, 0.3) is 0 Å². The molecule has 0 saturated heterocycles. The lowest BCUT2D eigenvalue weighted by atomic mass is 10.1. The predicted molar refractivity (Wildman–Crippen MR) is 117 cm³/mol. The van der Waals surface area contributed by atoms with Crippen molar-refractivity contribution in [1.82, 2.24) is 15.5 Å². The Morgan fingerprint density at radius 1 is 1.28 bits per heavy atom. The zero-order valence-electron chi connectivity index (χ0n) is 16.9. The van der Waals surface area contributed by atoms with Crippen molar-refractivity contribution in [2.24, 2.45) is 4.99 Å². The van der Waals surface area contributed by atoms with E-state index in [9.17, 15) is 9.90 Å². The lowest BCUT2D eigenvalue weighted by Gasteiger charge is -2.24. The number of anilines is 1. The minimum atomic E-state index is -1.01. The standard InChI is InChI=1S/C22H27N5O2/c1-3-13-27(14-12-23-2)17-10-8-16(9-11-17)20-15-21(26-25-20)18-6-4-5-7-19(24-18)22(28)29/h4-6,8-11,15,23H,3,7,12-14H2,1-2H3,(H,25,26)(H,28,29). The fourth-order valence-corrected chi connectivity index (χ4v) is 3.18. The second-order valence-corrected chi connectivity index (χ2v) is 6.85. The van der Waals surface area contributed by atoms with Gasteiger partial charge in [-0.05, 0) is 37.7 Å². The second kappa shape index (κ2) is 9.84. The highest BCUT2D eigenvalue weighted by atomic mass is 16.4. The molecule has 0 spiro atoms. The number of likely N-dealkylation sites (N-methyl/N-ethyl adjacent to an activating group) is 1. The number of H-pyrrole nitrogens is 1. The van der Waals surface area contributed by atoms with Crippen molar-refractivity contribution in [3.63, 3.8) is 0 Å². The molecule has 0 aliphatic carbocycles. The van der Waals surface area contributed by atoms with Gasteiger partial charge in [0, 0.05) is 37.3 Å². The molecule has 1 aromatic heterocycles. The number of benzene rings is 1. The average molecular weight is 393 g/mol. The van der Waals surface area contributed by atoms with Gasteiger partial charge in [-0.25, -0.2) is 9.79 Å². The molecule has 2 aromatic rings. The molecule has 0 radical (unpaired) electrons. The topological polar surface area (TPSA) is 93.6 Å². The van der Waals surface area contributed by atoms with E-state index in [0.29, 0.717) is 17.8 Å². The summed E-state index contributed by atoms with van der Waals surface area (Å²) < 4.78 is 0. The van der Waals surface area contributed by atoms with Gasteiger partial charge in [0.05, 0.1) is 17.1 Å². The molecule has 29 heavy (non-hydrogen) atoms. The van der Waals surface area contributed by atoms with Crippen LogP contribution >= 0.6 is 0 Å². The average Bonchev–Trinajstić information content (AvgIpc) is 3.08. The van der Waals surface area contributed by atoms with Gasteiger partial charge < -0.3 is 15.3 Å². The predicted octanol–water partition coefficient (Wildman–Crippen LogP) is 3.34. The van der Waals surface area contributed by atoms with Gasteiger partial charge in [0.15, 0.2) is 0 Å². The summed E-state index contributed by atoms with van der Waals surface area (Å²) >= 11 is 0. The molecule has 0 bridgehead atoms. The molecular weight excluding hydrogens is 366 g/mol. The van der Waals surface area contributed by atoms with Crippen molar-refractivity contribution < 1.29 is 9.90 Å². The molecule has 3 rings (SSSR count). The minimum Gasteiger partial charge on any atom is -0.477 e. The highest BCUT2D eigenvalue weighted by Gasteiger charge is 2.14. The number of hydrogen-bond acceptors (Lipinski definition) is 5. The SMILES string of the molecule is CCCN(CCNC)c1ccc(-c2cc(C3=CC=CCC(C(=O)O)=N3)[nH]n2)cc1. The molecule has 3 N–H and O–H groups in total. The fraction of sp³-hybridized carbons (Fsp3) is 0.318. The van der Waals surface area contributed by atoms with E-state index < -0.39 is 5.97 Å². The number of nitrogens with zero attached hydrogens (tertiary/aromatic N) is 3. The third-order valence-electron chi connectivity index (χ3n) is 4.71. The van der Waals surface area contributed by atoms with E-state index in [0.717, 1.165) is 37.3 Å². The molecule has 152 valence electrons. The van der Waals surface area contributed by atoms with Gasteiger partial charge in [-0.2, -0.15) is 5.10 Å². The first-order valence-electron chi connectivity index (χ1n) is 9.85. The van der Waals surface area contributed by atoms with E-state index >= 15 is 0 Å². The summed E-state index contributed by atoms with van der Waals surface area (Å²) in [4.78, 5) is 17.9. The van der Waals surface area contributed by atoms with Crippen molar-refractivity contribution in [3.05, 3.63) is 54.3 Å². The number of aromatic nitrogens is 2. The van der Waals surface area contributed by atoms with E-state index in [1.165, 1.54) is 5.69 Å². The Morgan fingerprint density at radius 2 is 2.07 bits per heavy atom. The Bertz CT molecular complexity index is 925. The van der Waals surface area contributed by atoms with E-state index in [1.807, 2.05) is 19.2 Å². The summed E-state index contributed by atoms with van der Waals surface area (Å²) in [6, 6.07) is 10.2. The zero-order valence-corrected chi connectivity index (χ0v) is 16.9. The van der Waals surface area contributed by atoms with E-state index in [4.69, 9.17) is 0 Å². The summed E-state index contributed by atoms with van der Waals surface area (Å²) in [6.45, 7) is 5.09.